The van der Waals surface area contributed by atoms with E-state index < -0.39 is 11.7 Å². The van der Waals surface area contributed by atoms with Gasteiger partial charge in [0.05, 0.1) is 40.1 Å². The van der Waals surface area contributed by atoms with Crippen LogP contribution in [-0.4, -0.2) is 36.3 Å². The van der Waals surface area contributed by atoms with Crippen molar-refractivity contribution in [2.75, 3.05) is 32.2 Å². The molecule has 1 aromatic carbocycles. The predicted octanol–water partition coefficient (Wildman–Crippen LogP) is 2.76. The maximum Gasteiger partial charge on any atom is 0.418 e. The Balaban J connectivity index is 1.70. The number of pyridine rings is 1. The van der Waals surface area contributed by atoms with E-state index >= 15 is 0 Å². The van der Waals surface area contributed by atoms with Crippen LogP contribution in [0.3, 0.4) is 0 Å². The van der Waals surface area contributed by atoms with Crippen LogP contribution in [0.5, 0.6) is 5.75 Å². The molecule has 2 aromatic rings. The molecular formula is C22H21ClF3N5O2. The van der Waals surface area contributed by atoms with Crippen molar-refractivity contribution in [1.82, 2.24) is 15.2 Å². The molecular weight excluding hydrogens is 459 g/mol. The number of nitrogens with zero attached hydrogens (tertiary/aromatic N) is 3. The molecule has 0 bridgehead atoms. The van der Waals surface area contributed by atoms with E-state index in [1.54, 1.807) is 6.20 Å². The maximum absolute atomic E-state index is 13.9. The summed E-state index contributed by atoms with van der Waals surface area (Å²) in [5, 5.41) is 4.26. The van der Waals surface area contributed by atoms with E-state index in [9.17, 15) is 13.2 Å². The maximum atomic E-state index is 13.9. The van der Waals surface area contributed by atoms with Gasteiger partial charge in [-0.25, -0.2) is 4.98 Å². The lowest BCUT2D eigenvalue weighted by Crippen LogP contribution is -2.44. The van der Waals surface area contributed by atoms with Crippen LogP contribution in [0.25, 0.3) is 17.1 Å². The average Bonchev–Trinajstić information content (AvgIpc) is 2.88. The highest BCUT2D eigenvalue weighted by Crippen LogP contribution is 2.41. The summed E-state index contributed by atoms with van der Waals surface area (Å²) in [5.41, 5.74) is 4.58. The summed E-state index contributed by atoms with van der Waals surface area (Å²) in [5.74, 6) is 1.54. The Morgan fingerprint density at radius 2 is 2.09 bits per heavy atom. The standard InChI is InChI=1S/C22H21ClF3N5O2/c1-11-6-15(27)30-19(17(11)22(24,25)26)13-7-14-16-20(18(13)23)28-10-29-21(16)31(4-5-33-14)3-2-12-8-32-9-12/h4-7,12,29H,2-3,8-10H2,1H3,(H2,27,30). The van der Waals surface area contributed by atoms with Gasteiger partial charge in [0.1, 0.15) is 30.3 Å². The molecule has 33 heavy (non-hydrogen) atoms. The van der Waals surface area contributed by atoms with Crippen LogP contribution in [-0.2, 0) is 10.9 Å². The van der Waals surface area contributed by atoms with E-state index in [1.807, 2.05) is 4.90 Å². The lowest BCUT2D eigenvalue weighted by atomic mass is 9.99. The normalized spacial score (nSPS) is 17.5. The quantitative estimate of drug-likeness (QED) is 0.701. The highest BCUT2D eigenvalue weighted by molar-refractivity contribution is 6.33. The number of halogens is 4. The molecule has 0 atom stereocenters. The van der Waals surface area contributed by atoms with Gasteiger partial charge < -0.3 is 25.4 Å². The van der Waals surface area contributed by atoms with E-state index in [2.05, 4.69) is 15.3 Å². The Labute approximate surface area is 192 Å². The number of nitrogens with two attached hydrogens (primary N) is 1. The third-order valence-corrected chi connectivity index (χ3v) is 6.29. The minimum Gasteiger partial charge on any atom is -0.463 e. The molecule has 11 heteroatoms. The molecule has 0 radical (unpaired) electrons. The van der Waals surface area contributed by atoms with Gasteiger partial charge in [-0.1, -0.05) is 11.6 Å². The molecule has 0 amide bonds. The number of anilines is 1. The fraction of sp³-hybridized carbons (Fsp3) is 0.364. The molecule has 174 valence electrons. The van der Waals surface area contributed by atoms with Gasteiger partial charge in [-0.05, 0) is 31.0 Å². The number of hydrogen-bond acceptors (Lipinski definition) is 7. The molecule has 0 aliphatic carbocycles. The second kappa shape index (κ2) is 8.11. The largest absolute Gasteiger partial charge is 0.463 e. The summed E-state index contributed by atoms with van der Waals surface area (Å²) in [6, 6.07) is 2.66. The van der Waals surface area contributed by atoms with Gasteiger partial charge in [0.25, 0.3) is 0 Å². The smallest absolute Gasteiger partial charge is 0.418 e. The highest BCUT2D eigenvalue weighted by Gasteiger charge is 2.38. The molecule has 4 heterocycles. The third kappa shape index (κ3) is 3.87. The molecule has 0 spiro atoms. The van der Waals surface area contributed by atoms with E-state index in [0.717, 1.165) is 25.5 Å². The molecule has 1 fully saturated rings. The van der Waals surface area contributed by atoms with Crippen molar-refractivity contribution in [2.24, 2.45) is 10.9 Å². The number of ether oxygens (including phenoxy) is 2. The summed E-state index contributed by atoms with van der Waals surface area (Å²) in [4.78, 5) is 10.5. The summed E-state index contributed by atoms with van der Waals surface area (Å²) in [7, 11) is 0. The predicted molar refractivity (Wildman–Crippen MR) is 116 cm³/mol. The van der Waals surface area contributed by atoms with Crippen molar-refractivity contribution in [2.45, 2.75) is 19.5 Å². The van der Waals surface area contributed by atoms with Crippen LogP contribution in [0.2, 0.25) is 5.02 Å². The van der Waals surface area contributed by atoms with Crippen LogP contribution in [0, 0.1) is 12.8 Å². The number of rotatable bonds is 4. The SMILES string of the molecule is Cc1cc(N)nc(-c2cc3c4c(c2Cl)=NCNC=4N(CCC2COC2)C=CO3)c1C(F)(F)F. The second-order valence-corrected chi connectivity index (χ2v) is 8.55. The average molecular weight is 480 g/mol. The number of benzene rings is 1. The highest BCUT2D eigenvalue weighted by atomic mass is 35.5. The molecule has 3 aliphatic heterocycles. The van der Waals surface area contributed by atoms with Gasteiger partial charge in [0.15, 0.2) is 0 Å². The van der Waals surface area contributed by atoms with Gasteiger partial charge in [0, 0.05) is 24.2 Å². The minimum absolute atomic E-state index is 0.0343. The third-order valence-electron chi connectivity index (χ3n) is 5.91. The van der Waals surface area contributed by atoms with Gasteiger partial charge in [-0.15, -0.1) is 0 Å². The first-order valence-electron chi connectivity index (χ1n) is 10.4. The Morgan fingerprint density at radius 1 is 1.30 bits per heavy atom. The van der Waals surface area contributed by atoms with Gasteiger partial charge in [-0.3, -0.25) is 4.99 Å². The Morgan fingerprint density at radius 3 is 2.79 bits per heavy atom. The molecule has 1 aromatic heterocycles. The molecule has 7 nitrogen and oxygen atoms in total. The molecule has 1 saturated heterocycles. The topological polar surface area (TPSA) is 85.0 Å². The first kappa shape index (κ1) is 21.8. The van der Waals surface area contributed by atoms with Crippen molar-refractivity contribution < 1.29 is 22.6 Å². The number of alkyl halides is 3. The van der Waals surface area contributed by atoms with Crippen molar-refractivity contribution >= 4 is 23.2 Å². The monoisotopic (exact) mass is 479 g/mol. The molecule has 3 N–H and O–H groups in total. The zero-order valence-electron chi connectivity index (χ0n) is 17.7. The summed E-state index contributed by atoms with van der Waals surface area (Å²) in [6.07, 6.45) is -0.439. The van der Waals surface area contributed by atoms with Crippen LogP contribution in [0.4, 0.5) is 19.0 Å². The number of nitrogens with one attached hydrogen (secondary N) is 1. The summed E-state index contributed by atoms with van der Waals surface area (Å²) >= 11 is 6.67. The number of aryl methyl sites for hydroxylation is 1. The minimum atomic E-state index is -4.65. The van der Waals surface area contributed by atoms with E-state index in [1.165, 1.54) is 25.3 Å². The van der Waals surface area contributed by atoms with Crippen molar-refractivity contribution in [1.29, 1.82) is 0 Å². The van der Waals surface area contributed by atoms with Gasteiger partial charge in [0.2, 0.25) is 0 Å². The summed E-state index contributed by atoms with van der Waals surface area (Å²) < 4.78 is 52.9. The zero-order chi connectivity index (χ0) is 23.3. The van der Waals surface area contributed by atoms with Crippen LogP contribution < -0.4 is 26.4 Å². The van der Waals surface area contributed by atoms with Gasteiger partial charge in [-0.2, -0.15) is 13.2 Å². The number of aromatic nitrogens is 1. The number of nitrogen functional groups attached to an aromatic ring is 1. The fourth-order valence-electron chi connectivity index (χ4n) is 4.25. The first-order valence-corrected chi connectivity index (χ1v) is 10.8. The molecule has 3 aliphatic rings. The van der Waals surface area contributed by atoms with E-state index in [-0.39, 0.29) is 34.3 Å². The van der Waals surface area contributed by atoms with Crippen LogP contribution in [0.1, 0.15) is 17.5 Å². The van der Waals surface area contributed by atoms with E-state index in [0.29, 0.717) is 28.8 Å². The zero-order valence-corrected chi connectivity index (χ0v) is 18.4. The van der Waals surface area contributed by atoms with Gasteiger partial charge >= 0.3 is 6.18 Å². The number of hydrogen-bond donors (Lipinski definition) is 2. The van der Waals surface area contributed by atoms with Crippen LogP contribution >= 0.6 is 11.6 Å². The Hall–Kier alpha value is -2.98. The molecule has 0 saturated carbocycles. The first-order chi connectivity index (χ1) is 15.7. The molecule has 5 rings (SSSR count). The lowest BCUT2D eigenvalue weighted by Gasteiger charge is -2.30. The molecule has 0 unspecified atom stereocenters. The van der Waals surface area contributed by atoms with Crippen molar-refractivity contribution in [3.05, 3.63) is 51.3 Å². The summed E-state index contributed by atoms with van der Waals surface area (Å²) in [6.45, 7) is 3.77. The lowest BCUT2D eigenvalue weighted by molar-refractivity contribution is -0.137. The Kier molecular flexibility index (Phi) is 5.37. The van der Waals surface area contributed by atoms with Crippen molar-refractivity contribution in [3.63, 3.8) is 0 Å². The Bertz CT molecular complexity index is 1270. The second-order valence-electron chi connectivity index (χ2n) is 8.18. The van der Waals surface area contributed by atoms with E-state index in [4.69, 9.17) is 26.8 Å². The van der Waals surface area contributed by atoms with Crippen molar-refractivity contribution in [3.8, 4) is 17.0 Å². The fourth-order valence-corrected chi connectivity index (χ4v) is 4.55. The van der Waals surface area contributed by atoms with Crippen LogP contribution in [0.15, 0.2) is 29.6 Å².